The SMILES string of the molecule is CN[C@@H](C)C(=O)N[C@@H]1C(=O)N2[C@@H](CC[C@@H]1CCO)CC[C@H]2C(=O)N[C@H](C(=O)NCCCOCCOCCOCCCNC(=O)[C@@H](NC(=O)[C@@H]1CC[C@@H]2CC[C@H](CO)[C@H](NC(=O)[C@H](C)NC)C(=O)N21)c1ccccc1)c1ccccc1. The van der Waals surface area contributed by atoms with E-state index in [2.05, 4.69) is 42.5 Å². The number of ether oxygens (including phenoxy) is 3. The summed E-state index contributed by atoms with van der Waals surface area (Å²) in [6.07, 6.45) is 5.60. The Hall–Kier alpha value is -6.08. The maximum absolute atomic E-state index is 14.2. The van der Waals surface area contributed by atoms with Crippen molar-refractivity contribution in [2.75, 3.05) is 80.0 Å². The van der Waals surface area contributed by atoms with Crippen LogP contribution in [0, 0.1) is 11.8 Å². The van der Waals surface area contributed by atoms with E-state index in [1.807, 2.05) is 12.1 Å². The minimum Gasteiger partial charge on any atom is -0.396 e. The average molecular weight is 1120 g/mol. The number of carbonyl (C=O) groups excluding carboxylic acids is 8. The van der Waals surface area contributed by atoms with E-state index in [1.165, 1.54) is 0 Å². The average Bonchev–Trinajstić information content (AvgIpc) is 4.18. The van der Waals surface area contributed by atoms with Gasteiger partial charge in [-0.2, -0.15) is 0 Å². The fourth-order valence-electron chi connectivity index (χ4n) is 11.1. The van der Waals surface area contributed by atoms with Crippen molar-refractivity contribution < 1.29 is 62.8 Å². The smallest absolute Gasteiger partial charge is 0.247 e. The van der Waals surface area contributed by atoms with Gasteiger partial charge < -0.3 is 76.8 Å². The Bertz CT molecular complexity index is 2340. The number of amides is 8. The maximum Gasteiger partial charge on any atom is 0.247 e. The molecule has 8 amide bonds. The Morgan fingerprint density at radius 3 is 1.32 bits per heavy atom. The number of fused-ring (bicyclic) bond motifs is 2. The number of hydrogen-bond donors (Lipinski definition) is 10. The zero-order chi connectivity index (χ0) is 57.6. The van der Waals surface area contributed by atoms with E-state index in [0.717, 1.165) is 0 Å². The maximum atomic E-state index is 14.2. The molecule has 2 aromatic carbocycles. The van der Waals surface area contributed by atoms with Crippen LogP contribution in [0.1, 0.15) is 108 Å². The minimum absolute atomic E-state index is 0.139. The summed E-state index contributed by atoms with van der Waals surface area (Å²) in [6.45, 7) is 5.42. The van der Waals surface area contributed by atoms with Gasteiger partial charge in [-0.1, -0.05) is 60.7 Å². The van der Waals surface area contributed by atoms with Crippen LogP contribution < -0.4 is 42.5 Å². The van der Waals surface area contributed by atoms with Gasteiger partial charge in [-0.15, -0.1) is 0 Å². The lowest BCUT2D eigenvalue weighted by Crippen LogP contribution is -2.58. The zero-order valence-electron chi connectivity index (χ0n) is 46.8. The third-order valence-electron chi connectivity index (χ3n) is 16.0. The van der Waals surface area contributed by atoms with Crippen molar-refractivity contribution in [2.45, 2.75) is 145 Å². The number of nitrogens with zero attached hydrogens (tertiary/aromatic N) is 2. The summed E-state index contributed by atoms with van der Waals surface area (Å²) in [5.41, 5.74) is 1.15. The summed E-state index contributed by atoms with van der Waals surface area (Å²) >= 11 is 0. The Kier molecular flexibility index (Phi) is 25.5. The summed E-state index contributed by atoms with van der Waals surface area (Å²) in [5, 5.41) is 43.1. The molecule has 4 saturated heterocycles. The molecule has 4 aliphatic heterocycles. The fourth-order valence-corrected chi connectivity index (χ4v) is 11.1. The van der Waals surface area contributed by atoms with Gasteiger partial charge in [0.15, 0.2) is 0 Å². The highest BCUT2D eigenvalue weighted by molar-refractivity contribution is 5.97. The molecule has 4 aliphatic rings. The lowest BCUT2D eigenvalue weighted by molar-refractivity contribution is -0.144. The van der Waals surface area contributed by atoms with E-state index in [1.54, 1.807) is 86.3 Å². The van der Waals surface area contributed by atoms with E-state index >= 15 is 0 Å². The molecular weight excluding hydrogens is 1030 g/mol. The minimum atomic E-state index is -1.03. The molecular formula is C57H86N10O13. The van der Waals surface area contributed by atoms with Gasteiger partial charge in [0.05, 0.1) is 38.5 Å². The first-order valence-electron chi connectivity index (χ1n) is 28.5. The van der Waals surface area contributed by atoms with Crippen molar-refractivity contribution in [3.05, 3.63) is 71.8 Å². The van der Waals surface area contributed by atoms with Gasteiger partial charge >= 0.3 is 0 Å². The molecule has 80 heavy (non-hydrogen) atoms. The van der Waals surface area contributed by atoms with Crippen LogP contribution in [0.25, 0.3) is 0 Å². The molecule has 0 bridgehead atoms. The van der Waals surface area contributed by atoms with Crippen LogP contribution in [-0.2, 0) is 52.6 Å². The van der Waals surface area contributed by atoms with Gasteiger partial charge in [-0.05, 0) is 116 Å². The first-order chi connectivity index (χ1) is 38.7. The van der Waals surface area contributed by atoms with Crippen LogP contribution in [0.2, 0.25) is 0 Å². The number of benzene rings is 2. The van der Waals surface area contributed by atoms with Crippen molar-refractivity contribution in [3.8, 4) is 0 Å². The predicted molar refractivity (Wildman–Crippen MR) is 295 cm³/mol. The molecule has 0 saturated carbocycles. The summed E-state index contributed by atoms with van der Waals surface area (Å²) in [7, 11) is 3.29. The predicted octanol–water partition coefficient (Wildman–Crippen LogP) is -0.137. The summed E-state index contributed by atoms with van der Waals surface area (Å²) < 4.78 is 17.1. The Labute approximate surface area is 469 Å². The summed E-state index contributed by atoms with van der Waals surface area (Å²) in [4.78, 5) is 113. The lowest BCUT2D eigenvalue weighted by atomic mass is 9.90. The van der Waals surface area contributed by atoms with Crippen molar-refractivity contribution in [1.29, 1.82) is 0 Å². The van der Waals surface area contributed by atoms with E-state index in [-0.39, 0.29) is 62.0 Å². The van der Waals surface area contributed by atoms with Crippen molar-refractivity contribution in [3.63, 3.8) is 0 Å². The summed E-state index contributed by atoms with van der Waals surface area (Å²) in [6, 6.07) is 10.5. The van der Waals surface area contributed by atoms with E-state index < -0.39 is 83.8 Å². The number of aliphatic hydroxyl groups excluding tert-OH is 2. The second-order valence-electron chi connectivity index (χ2n) is 21.2. The van der Waals surface area contributed by atoms with Gasteiger partial charge in [-0.3, -0.25) is 38.4 Å². The van der Waals surface area contributed by atoms with E-state index in [0.29, 0.717) is 121 Å². The molecule has 4 fully saturated rings. The van der Waals surface area contributed by atoms with Gasteiger partial charge in [0.25, 0.3) is 0 Å². The number of aliphatic hydroxyl groups is 2. The topological polar surface area (TPSA) is 307 Å². The normalized spacial score (nSPS) is 24.2. The van der Waals surface area contributed by atoms with Crippen LogP contribution in [0.4, 0.5) is 0 Å². The monoisotopic (exact) mass is 1120 g/mol. The molecule has 0 aliphatic carbocycles. The first-order valence-corrected chi connectivity index (χ1v) is 28.5. The molecule has 2 aromatic rings. The second-order valence-corrected chi connectivity index (χ2v) is 21.2. The Morgan fingerprint density at radius 1 is 0.537 bits per heavy atom. The van der Waals surface area contributed by atoms with Gasteiger partial charge in [0, 0.05) is 57.5 Å². The number of likely N-dealkylation sites (N-methyl/N-ethyl adjacent to an activating group) is 2. The lowest BCUT2D eigenvalue weighted by Gasteiger charge is -2.33. The van der Waals surface area contributed by atoms with Crippen molar-refractivity contribution in [1.82, 2.24) is 52.3 Å². The fraction of sp³-hybridized carbons (Fsp3) is 0.649. The number of hydrogen-bond acceptors (Lipinski definition) is 15. The molecule has 442 valence electrons. The Balaban J connectivity index is 0.867. The molecule has 23 heteroatoms. The summed E-state index contributed by atoms with van der Waals surface area (Å²) in [5.74, 6) is -4.06. The van der Waals surface area contributed by atoms with E-state index in [4.69, 9.17) is 14.2 Å². The largest absolute Gasteiger partial charge is 0.396 e. The highest BCUT2D eigenvalue weighted by Crippen LogP contribution is 2.37. The van der Waals surface area contributed by atoms with Crippen molar-refractivity contribution >= 4 is 47.3 Å². The van der Waals surface area contributed by atoms with Crippen LogP contribution in [0.15, 0.2) is 60.7 Å². The molecule has 0 radical (unpaired) electrons. The standard InChI is InChI=1S/C57H86N10O13/c1-36(58-3)50(70)64-48-40(25-28-68)17-19-42-21-23-44(66(42)56(48)76)52(72)62-46(38-13-7-5-8-14-38)54(74)60-26-11-29-78-31-33-80-34-32-79-30-12-27-61-55(75)47(39-15-9-6-10-16-39)63-53(73)45-24-22-43-20-18-41(35-69)49(57(77)67(43)45)65-51(71)37(2)59-4/h5-10,13-16,36-37,40-49,58-59,68-69H,11-12,17-35H2,1-4H3,(H,60,74)(H,61,75)(H,62,72)(H,63,73)(H,64,70)(H,65,71)/t36-,37-,40+,41+,42-,43-,44-,45-,46-,47-,48-,49-/m0/s1. The molecule has 4 heterocycles. The molecule has 0 unspecified atom stereocenters. The van der Waals surface area contributed by atoms with Gasteiger partial charge in [0.1, 0.15) is 36.3 Å². The number of rotatable bonds is 31. The highest BCUT2D eigenvalue weighted by Gasteiger charge is 2.50. The molecule has 12 atom stereocenters. The molecule has 0 spiro atoms. The number of nitrogens with one attached hydrogen (secondary N) is 8. The quantitative estimate of drug-likeness (QED) is 0.0440. The molecule has 23 nitrogen and oxygen atoms in total. The second kappa shape index (κ2) is 32.4. The number of carbonyl (C=O) groups is 8. The Morgan fingerprint density at radius 2 is 0.925 bits per heavy atom. The molecule has 0 aromatic heterocycles. The van der Waals surface area contributed by atoms with Gasteiger partial charge in [-0.25, -0.2) is 0 Å². The van der Waals surface area contributed by atoms with Crippen LogP contribution in [0.3, 0.4) is 0 Å². The molecule has 6 rings (SSSR count). The highest BCUT2D eigenvalue weighted by atomic mass is 16.5. The van der Waals surface area contributed by atoms with Crippen LogP contribution in [-0.4, -0.2) is 196 Å². The van der Waals surface area contributed by atoms with E-state index in [9.17, 15) is 48.6 Å². The van der Waals surface area contributed by atoms with Gasteiger partial charge in [0.2, 0.25) is 47.3 Å². The molecule has 10 N–H and O–H groups in total. The van der Waals surface area contributed by atoms with Crippen molar-refractivity contribution in [2.24, 2.45) is 11.8 Å². The zero-order valence-corrected chi connectivity index (χ0v) is 46.8. The van der Waals surface area contributed by atoms with Crippen LogP contribution in [0.5, 0.6) is 0 Å². The third-order valence-corrected chi connectivity index (χ3v) is 16.0. The third kappa shape index (κ3) is 17.2. The first kappa shape index (κ1) is 63.1. The van der Waals surface area contributed by atoms with Crippen LogP contribution >= 0.6 is 0 Å².